The Balaban J connectivity index is 2.36. The molecule has 2 aromatic rings. The molecule has 2 aromatic carbocycles. The maximum Gasteiger partial charge on any atom is 0.261 e. The van der Waals surface area contributed by atoms with Gasteiger partial charge in [0.05, 0.1) is 10.6 Å². The lowest BCUT2D eigenvalue weighted by Crippen LogP contribution is -2.13. The lowest BCUT2D eigenvalue weighted by Gasteiger charge is -2.11. The van der Waals surface area contributed by atoms with Crippen molar-refractivity contribution < 1.29 is 8.42 Å². The first-order chi connectivity index (χ1) is 8.88. The van der Waals surface area contributed by atoms with Crippen molar-refractivity contribution in [1.82, 2.24) is 0 Å². The van der Waals surface area contributed by atoms with E-state index in [1.807, 2.05) is 0 Å². The van der Waals surface area contributed by atoms with Gasteiger partial charge in [0.1, 0.15) is 0 Å². The van der Waals surface area contributed by atoms with Crippen LogP contribution in [0.1, 0.15) is 5.56 Å². The van der Waals surface area contributed by atoms with Crippen LogP contribution in [0.15, 0.2) is 47.4 Å². The molecule has 0 fully saturated rings. The molecule has 3 N–H and O–H groups in total. The molecule has 0 saturated carbocycles. The van der Waals surface area contributed by atoms with E-state index in [4.69, 9.17) is 17.3 Å². The van der Waals surface area contributed by atoms with E-state index >= 15 is 0 Å². The van der Waals surface area contributed by atoms with E-state index in [1.165, 1.54) is 12.1 Å². The molecule has 0 atom stereocenters. The maximum atomic E-state index is 12.2. The molecule has 100 valence electrons. The summed E-state index contributed by atoms with van der Waals surface area (Å²) in [5, 5.41) is 0.372. The molecule has 0 aliphatic rings. The van der Waals surface area contributed by atoms with Crippen LogP contribution in [-0.4, -0.2) is 8.42 Å². The molecule has 0 unspecified atom stereocenters. The lowest BCUT2D eigenvalue weighted by atomic mass is 10.2. The van der Waals surface area contributed by atoms with E-state index in [1.54, 1.807) is 37.3 Å². The van der Waals surface area contributed by atoms with Crippen LogP contribution in [0.2, 0.25) is 5.02 Å². The standard InChI is InChI=1S/C13H13ClN2O2S/c1-9-7-11(15)5-6-13(9)16-19(17,18)12-4-2-3-10(14)8-12/h2-8,16H,15H2,1H3. The molecule has 4 nitrogen and oxygen atoms in total. The minimum absolute atomic E-state index is 0.122. The monoisotopic (exact) mass is 296 g/mol. The Bertz CT molecular complexity index is 714. The highest BCUT2D eigenvalue weighted by atomic mass is 35.5. The summed E-state index contributed by atoms with van der Waals surface area (Å²) in [7, 11) is -3.65. The van der Waals surface area contributed by atoms with Gasteiger partial charge in [-0.1, -0.05) is 17.7 Å². The average Bonchev–Trinajstić information content (AvgIpc) is 2.33. The molecule has 0 aliphatic carbocycles. The molecular weight excluding hydrogens is 284 g/mol. The van der Waals surface area contributed by atoms with Crippen molar-refractivity contribution in [3.63, 3.8) is 0 Å². The van der Waals surface area contributed by atoms with E-state index < -0.39 is 10.0 Å². The van der Waals surface area contributed by atoms with Crippen LogP contribution < -0.4 is 10.5 Å². The van der Waals surface area contributed by atoms with Crippen molar-refractivity contribution >= 4 is 33.0 Å². The quantitative estimate of drug-likeness (QED) is 0.855. The van der Waals surface area contributed by atoms with Gasteiger partial charge in [0.15, 0.2) is 0 Å². The zero-order chi connectivity index (χ0) is 14.0. The Kier molecular flexibility index (Phi) is 3.68. The molecule has 6 heteroatoms. The summed E-state index contributed by atoms with van der Waals surface area (Å²) in [6.45, 7) is 1.78. The lowest BCUT2D eigenvalue weighted by molar-refractivity contribution is 0.601. The number of rotatable bonds is 3. The number of nitrogen functional groups attached to an aromatic ring is 1. The Hall–Kier alpha value is -1.72. The number of hydrogen-bond acceptors (Lipinski definition) is 3. The first kappa shape index (κ1) is 13.7. The first-order valence-corrected chi connectivity index (χ1v) is 7.39. The van der Waals surface area contributed by atoms with E-state index in [9.17, 15) is 8.42 Å². The van der Waals surface area contributed by atoms with Crippen LogP contribution in [0.3, 0.4) is 0 Å². The normalized spacial score (nSPS) is 11.3. The molecule has 0 bridgehead atoms. The highest BCUT2D eigenvalue weighted by Gasteiger charge is 2.15. The molecule has 0 amide bonds. The zero-order valence-electron chi connectivity index (χ0n) is 10.2. The van der Waals surface area contributed by atoms with Crippen LogP contribution in [0, 0.1) is 6.92 Å². The minimum atomic E-state index is -3.65. The predicted octanol–water partition coefficient (Wildman–Crippen LogP) is 3.03. The molecular formula is C13H13ClN2O2S. The maximum absolute atomic E-state index is 12.2. The number of nitrogens with two attached hydrogens (primary N) is 1. The Morgan fingerprint density at radius 1 is 1.16 bits per heavy atom. The molecule has 0 radical (unpaired) electrons. The summed E-state index contributed by atoms with van der Waals surface area (Å²) in [4.78, 5) is 0.122. The second kappa shape index (κ2) is 5.11. The van der Waals surface area contributed by atoms with E-state index in [-0.39, 0.29) is 4.90 Å². The van der Waals surface area contributed by atoms with Gasteiger partial charge in [-0.25, -0.2) is 8.42 Å². The van der Waals surface area contributed by atoms with Gasteiger partial charge in [-0.3, -0.25) is 4.72 Å². The van der Waals surface area contributed by atoms with Crippen molar-refractivity contribution in [3.05, 3.63) is 53.1 Å². The van der Waals surface area contributed by atoms with E-state index in [0.717, 1.165) is 5.56 Å². The number of nitrogens with one attached hydrogen (secondary N) is 1. The van der Waals surface area contributed by atoms with Gasteiger partial charge < -0.3 is 5.73 Å². The summed E-state index contributed by atoms with van der Waals surface area (Å²) in [6, 6.07) is 11.1. The van der Waals surface area contributed by atoms with Crippen LogP contribution in [0.4, 0.5) is 11.4 Å². The summed E-state index contributed by atoms with van der Waals surface area (Å²) >= 11 is 5.80. The SMILES string of the molecule is Cc1cc(N)ccc1NS(=O)(=O)c1cccc(Cl)c1. The molecule has 0 aliphatic heterocycles. The third-order valence-corrected chi connectivity index (χ3v) is 4.20. The van der Waals surface area contributed by atoms with Crippen molar-refractivity contribution in [1.29, 1.82) is 0 Å². The Morgan fingerprint density at radius 3 is 2.53 bits per heavy atom. The van der Waals surface area contributed by atoms with Crippen molar-refractivity contribution in [2.45, 2.75) is 11.8 Å². The third-order valence-electron chi connectivity index (χ3n) is 2.60. The fourth-order valence-electron chi connectivity index (χ4n) is 1.64. The van der Waals surface area contributed by atoms with Crippen LogP contribution >= 0.6 is 11.6 Å². The summed E-state index contributed by atoms with van der Waals surface area (Å²) in [5.74, 6) is 0. The number of halogens is 1. The fraction of sp³-hybridized carbons (Fsp3) is 0.0769. The van der Waals surface area contributed by atoms with Crippen molar-refractivity contribution in [2.24, 2.45) is 0 Å². The average molecular weight is 297 g/mol. The molecule has 2 rings (SSSR count). The van der Waals surface area contributed by atoms with Gasteiger partial charge in [0.25, 0.3) is 10.0 Å². The summed E-state index contributed by atoms with van der Waals surface area (Å²) < 4.78 is 26.9. The van der Waals surface area contributed by atoms with Crippen molar-refractivity contribution in [2.75, 3.05) is 10.5 Å². The number of sulfonamides is 1. The highest BCUT2D eigenvalue weighted by Crippen LogP contribution is 2.22. The van der Waals surface area contributed by atoms with Gasteiger partial charge in [-0.2, -0.15) is 0 Å². The van der Waals surface area contributed by atoms with E-state index in [0.29, 0.717) is 16.4 Å². The second-order valence-electron chi connectivity index (χ2n) is 4.14. The van der Waals surface area contributed by atoms with Gasteiger partial charge in [0.2, 0.25) is 0 Å². The third kappa shape index (κ3) is 3.19. The first-order valence-electron chi connectivity index (χ1n) is 5.53. The number of aryl methyl sites for hydroxylation is 1. The van der Waals surface area contributed by atoms with Gasteiger partial charge in [-0.05, 0) is 48.9 Å². The molecule has 0 saturated heterocycles. The number of benzene rings is 2. The smallest absolute Gasteiger partial charge is 0.261 e. The molecule has 0 aromatic heterocycles. The molecule has 19 heavy (non-hydrogen) atoms. The Morgan fingerprint density at radius 2 is 1.89 bits per heavy atom. The van der Waals surface area contributed by atoms with Crippen LogP contribution in [0.25, 0.3) is 0 Å². The largest absolute Gasteiger partial charge is 0.399 e. The molecule has 0 spiro atoms. The number of anilines is 2. The van der Waals surface area contributed by atoms with Crippen molar-refractivity contribution in [3.8, 4) is 0 Å². The van der Waals surface area contributed by atoms with Crippen LogP contribution in [0.5, 0.6) is 0 Å². The highest BCUT2D eigenvalue weighted by molar-refractivity contribution is 7.92. The van der Waals surface area contributed by atoms with Gasteiger partial charge >= 0.3 is 0 Å². The minimum Gasteiger partial charge on any atom is -0.399 e. The fourth-order valence-corrected chi connectivity index (χ4v) is 3.07. The summed E-state index contributed by atoms with van der Waals surface area (Å²) in [5.41, 5.74) is 7.46. The van der Waals surface area contributed by atoms with Gasteiger partial charge in [0, 0.05) is 10.7 Å². The number of hydrogen-bond donors (Lipinski definition) is 2. The molecule has 0 heterocycles. The topological polar surface area (TPSA) is 72.2 Å². The summed E-state index contributed by atoms with van der Waals surface area (Å²) in [6.07, 6.45) is 0. The van der Waals surface area contributed by atoms with E-state index in [2.05, 4.69) is 4.72 Å². The van der Waals surface area contributed by atoms with Crippen LogP contribution in [-0.2, 0) is 10.0 Å². The predicted molar refractivity (Wildman–Crippen MR) is 77.9 cm³/mol. The zero-order valence-corrected chi connectivity index (χ0v) is 11.8. The van der Waals surface area contributed by atoms with Gasteiger partial charge in [-0.15, -0.1) is 0 Å². The second-order valence-corrected chi connectivity index (χ2v) is 6.26. The Labute approximate surface area is 117 Å².